The van der Waals surface area contributed by atoms with Gasteiger partial charge in [0.25, 0.3) is 5.91 Å². The lowest BCUT2D eigenvalue weighted by atomic mass is 10.1. The van der Waals surface area contributed by atoms with Crippen LogP contribution in [-0.2, 0) is 6.54 Å². The maximum absolute atomic E-state index is 13.6. The summed E-state index contributed by atoms with van der Waals surface area (Å²) < 4.78 is 13.6. The summed E-state index contributed by atoms with van der Waals surface area (Å²) in [6.07, 6.45) is 0. The molecule has 0 radical (unpaired) electrons. The van der Waals surface area contributed by atoms with Crippen LogP contribution in [0.1, 0.15) is 42.6 Å². The van der Waals surface area contributed by atoms with Crippen LogP contribution in [0.4, 0.5) is 10.2 Å². The van der Waals surface area contributed by atoms with Gasteiger partial charge in [0.1, 0.15) is 23.2 Å². The Morgan fingerprint density at radius 2 is 1.91 bits per heavy atom. The SMILES string of the molecule is Cc1nc(NC(C)(C)C)cc(C(=O)NCc2ccccc2F)n1. The standard InChI is InChI=1S/C17H21FN4O/c1-11-20-14(9-15(21-11)22-17(2,3)4)16(23)19-10-12-7-5-6-8-13(12)18/h5-9H,10H2,1-4H3,(H,19,23)(H,20,21,22). The average Bonchev–Trinajstić information content (AvgIpc) is 2.43. The van der Waals surface area contributed by atoms with Gasteiger partial charge in [-0.2, -0.15) is 0 Å². The maximum atomic E-state index is 13.6. The van der Waals surface area contributed by atoms with Crippen LogP contribution in [0.25, 0.3) is 0 Å². The molecule has 0 aliphatic heterocycles. The number of aryl methyl sites for hydroxylation is 1. The Hall–Kier alpha value is -2.50. The molecule has 2 rings (SSSR count). The van der Waals surface area contributed by atoms with Crippen LogP contribution in [0, 0.1) is 12.7 Å². The van der Waals surface area contributed by atoms with E-state index in [2.05, 4.69) is 20.6 Å². The molecular weight excluding hydrogens is 295 g/mol. The van der Waals surface area contributed by atoms with Gasteiger partial charge in [0, 0.05) is 23.7 Å². The average molecular weight is 316 g/mol. The molecule has 1 heterocycles. The Morgan fingerprint density at radius 3 is 2.57 bits per heavy atom. The number of rotatable bonds is 4. The smallest absolute Gasteiger partial charge is 0.270 e. The second kappa shape index (κ2) is 6.73. The van der Waals surface area contributed by atoms with Gasteiger partial charge in [-0.05, 0) is 33.8 Å². The first-order valence-electron chi connectivity index (χ1n) is 7.40. The van der Waals surface area contributed by atoms with Crippen molar-refractivity contribution in [3.63, 3.8) is 0 Å². The molecule has 122 valence electrons. The van der Waals surface area contributed by atoms with E-state index in [-0.39, 0.29) is 29.5 Å². The van der Waals surface area contributed by atoms with E-state index in [9.17, 15) is 9.18 Å². The first kappa shape index (κ1) is 16.9. The van der Waals surface area contributed by atoms with Crippen LogP contribution < -0.4 is 10.6 Å². The first-order chi connectivity index (χ1) is 10.7. The van der Waals surface area contributed by atoms with Crippen molar-refractivity contribution in [2.24, 2.45) is 0 Å². The molecule has 0 aliphatic rings. The lowest BCUT2D eigenvalue weighted by molar-refractivity contribution is 0.0945. The van der Waals surface area contributed by atoms with Crippen molar-refractivity contribution in [2.75, 3.05) is 5.32 Å². The first-order valence-corrected chi connectivity index (χ1v) is 7.40. The molecule has 6 heteroatoms. The van der Waals surface area contributed by atoms with E-state index in [0.717, 1.165) is 0 Å². The predicted octanol–water partition coefficient (Wildman–Crippen LogP) is 3.06. The zero-order chi connectivity index (χ0) is 17.0. The van der Waals surface area contributed by atoms with E-state index in [1.807, 2.05) is 20.8 Å². The molecule has 0 atom stereocenters. The summed E-state index contributed by atoms with van der Waals surface area (Å²) >= 11 is 0. The Balaban J connectivity index is 2.11. The molecule has 23 heavy (non-hydrogen) atoms. The third-order valence-corrected chi connectivity index (χ3v) is 2.97. The van der Waals surface area contributed by atoms with Crippen molar-refractivity contribution in [3.8, 4) is 0 Å². The topological polar surface area (TPSA) is 66.9 Å². The fraction of sp³-hybridized carbons (Fsp3) is 0.353. The molecule has 0 saturated heterocycles. The highest BCUT2D eigenvalue weighted by molar-refractivity contribution is 5.92. The summed E-state index contributed by atoms with van der Waals surface area (Å²) in [6, 6.07) is 7.92. The van der Waals surface area contributed by atoms with Crippen molar-refractivity contribution < 1.29 is 9.18 Å². The van der Waals surface area contributed by atoms with Gasteiger partial charge in [-0.15, -0.1) is 0 Å². The molecule has 2 aromatic rings. The Bertz CT molecular complexity index is 710. The van der Waals surface area contributed by atoms with Gasteiger partial charge < -0.3 is 10.6 Å². The number of nitrogens with one attached hydrogen (secondary N) is 2. The molecule has 0 spiro atoms. The number of anilines is 1. The Labute approximate surface area is 135 Å². The molecule has 0 fully saturated rings. The van der Waals surface area contributed by atoms with Crippen LogP contribution in [0.2, 0.25) is 0 Å². The summed E-state index contributed by atoms with van der Waals surface area (Å²) in [6.45, 7) is 7.84. The van der Waals surface area contributed by atoms with Gasteiger partial charge in [-0.25, -0.2) is 14.4 Å². The highest BCUT2D eigenvalue weighted by Gasteiger charge is 2.15. The number of carbonyl (C=O) groups excluding carboxylic acids is 1. The molecule has 5 nitrogen and oxygen atoms in total. The van der Waals surface area contributed by atoms with Gasteiger partial charge in [0.2, 0.25) is 0 Å². The third-order valence-electron chi connectivity index (χ3n) is 2.97. The molecule has 1 amide bonds. The van der Waals surface area contributed by atoms with Crippen LogP contribution >= 0.6 is 0 Å². The Kier molecular flexibility index (Phi) is 4.93. The van der Waals surface area contributed by atoms with E-state index in [0.29, 0.717) is 17.2 Å². The van der Waals surface area contributed by atoms with Gasteiger partial charge in [0.15, 0.2) is 0 Å². The molecule has 1 aromatic carbocycles. The maximum Gasteiger partial charge on any atom is 0.270 e. The minimum Gasteiger partial charge on any atom is -0.365 e. The minimum absolute atomic E-state index is 0.108. The normalized spacial score (nSPS) is 11.2. The number of nitrogens with zero attached hydrogens (tertiary/aromatic N) is 2. The van der Waals surface area contributed by atoms with Crippen molar-refractivity contribution in [1.29, 1.82) is 0 Å². The quantitative estimate of drug-likeness (QED) is 0.910. The number of halogens is 1. The molecule has 0 aliphatic carbocycles. The predicted molar refractivity (Wildman–Crippen MR) is 87.7 cm³/mol. The fourth-order valence-corrected chi connectivity index (χ4v) is 2.04. The zero-order valence-corrected chi connectivity index (χ0v) is 13.8. The van der Waals surface area contributed by atoms with Crippen molar-refractivity contribution in [1.82, 2.24) is 15.3 Å². The molecule has 2 N–H and O–H groups in total. The lowest BCUT2D eigenvalue weighted by Gasteiger charge is -2.21. The van der Waals surface area contributed by atoms with E-state index in [1.54, 1.807) is 31.2 Å². The number of hydrogen-bond donors (Lipinski definition) is 2. The van der Waals surface area contributed by atoms with Gasteiger partial charge in [-0.1, -0.05) is 18.2 Å². The fourth-order valence-electron chi connectivity index (χ4n) is 2.04. The van der Waals surface area contributed by atoms with Crippen molar-refractivity contribution in [3.05, 3.63) is 53.2 Å². The molecular formula is C17H21FN4O. The zero-order valence-electron chi connectivity index (χ0n) is 13.8. The highest BCUT2D eigenvalue weighted by Crippen LogP contribution is 2.13. The molecule has 1 aromatic heterocycles. The lowest BCUT2D eigenvalue weighted by Crippen LogP contribution is -2.28. The second-order valence-electron chi connectivity index (χ2n) is 6.33. The van der Waals surface area contributed by atoms with E-state index in [4.69, 9.17) is 0 Å². The molecule has 0 saturated carbocycles. The number of benzene rings is 1. The number of amides is 1. The van der Waals surface area contributed by atoms with Crippen LogP contribution in [-0.4, -0.2) is 21.4 Å². The summed E-state index contributed by atoms with van der Waals surface area (Å²) in [4.78, 5) is 20.7. The molecule has 0 bridgehead atoms. The van der Waals surface area contributed by atoms with E-state index < -0.39 is 0 Å². The molecule has 0 unspecified atom stereocenters. The monoisotopic (exact) mass is 316 g/mol. The van der Waals surface area contributed by atoms with Crippen molar-refractivity contribution >= 4 is 11.7 Å². The van der Waals surface area contributed by atoms with E-state index in [1.165, 1.54) is 6.07 Å². The van der Waals surface area contributed by atoms with E-state index >= 15 is 0 Å². The number of hydrogen-bond acceptors (Lipinski definition) is 4. The van der Waals surface area contributed by atoms with Gasteiger partial charge in [0.05, 0.1) is 0 Å². The third kappa shape index (κ3) is 5.02. The van der Waals surface area contributed by atoms with Crippen LogP contribution in [0.3, 0.4) is 0 Å². The van der Waals surface area contributed by atoms with Gasteiger partial charge in [-0.3, -0.25) is 4.79 Å². The number of carbonyl (C=O) groups is 1. The summed E-state index contributed by atoms with van der Waals surface area (Å²) in [7, 11) is 0. The minimum atomic E-state index is -0.365. The van der Waals surface area contributed by atoms with Crippen LogP contribution in [0.5, 0.6) is 0 Å². The Morgan fingerprint density at radius 1 is 1.22 bits per heavy atom. The van der Waals surface area contributed by atoms with Crippen LogP contribution in [0.15, 0.2) is 30.3 Å². The summed E-state index contributed by atoms with van der Waals surface area (Å²) in [5, 5.41) is 5.89. The summed E-state index contributed by atoms with van der Waals surface area (Å²) in [5.74, 6) is 0.369. The van der Waals surface area contributed by atoms with Gasteiger partial charge >= 0.3 is 0 Å². The number of aromatic nitrogens is 2. The summed E-state index contributed by atoms with van der Waals surface area (Å²) in [5.41, 5.74) is 0.502. The highest BCUT2D eigenvalue weighted by atomic mass is 19.1. The van der Waals surface area contributed by atoms with Crippen molar-refractivity contribution in [2.45, 2.75) is 39.8 Å². The second-order valence-corrected chi connectivity index (χ2v) is 6.33. The largest absolute Gasteiger partial charge is 0.365 e.